The summed E-state index contributed by atoms with van der Waals surface area (Å²) in [6.07, 6.45) is -0.726. The Morgan fingerprint density at radius 3 is 2.79 bits per heavy atom. The minimum atomic E-state index is -0.726. The minimum absolute atomic E-state index is 0.450. The fourth-order valence-electron chi connectivity index (χ4n) is 1.70. The van der Waals surface area contributed by atoms with E-state index in [-0.39, 0.29) is 0 Å². The fraction of sp³-hybridized carbons (Fsp3) is 0.286. The van der Waals surface area contributed by atoms with Crippen molar-refractivity contribution in [2.24, 2.45) is 0 Å². The zero-order chi connectivity index (χ0) is 13.7. The van der Waals surface area contributed by atoms with Crippen molar-refractivity contribution in [1.29, 1.82) is 0 Å². The van der Waals surface area contributed by atoms with Gasteiger partial charge in [0.05, 0.1) is 11.6 Å². The molecule has 19 heavy (non-hydrogen) atoms. The van der Waals surface area contributed by atoms with Gasteiger partial charge in [-0.3, -0.25) is 0 Å². The highest BCUT2D eigenvalue weighted by molar-refractivity contribution is 7.10. The van der Waals surface area contributed by atoms with E-state index in [1.807, 2.05) is 24.3 Å². The van der Waals surface area contributed by atoms with Gasteiger partial charge in [0.15, 0.2) is 0 Å². The Kier molecular flexibility index (Phi) is 5.22. The molecule has 0 aliphatic heterocycles. The molecule has 0 aliphatic carbocycles. The van der Waals surface area contributed by atoms with Crippen molar-refractivity contribution in [2.75, 3.05) is 20.3 Å². The number of thiophene rings is 1. The van der Waals surface area contributed by atoms with Crippen LogP contribution in [0, 0.1) is 0 Å². The van der Waals surface area contributed by atoms with E-state index in [0.717, 1.165) is 10.4 Å². The maximum atomic E-state index is 10.4. The minimum Gasteiger partial charge on any atom is -0.491 e. The van der Waals surface area contributed by atoms with E-state index in [1.54, 1.807) is 18.6 Å². The number of rotatable bonds is 6. The van der Waals surface area contributed by atoms with Crippen molar-refractivity contribution in [3.8, 4) is 5.75 Å². The van der Waals surface area contributed by atoms with E-state index < -0.39 is 6.10 Å². The summed E-state index contributed by atoms with van der Waals surface area (Å²) in [5.74, 6) is 0.663. The lowest BCUT2D eigenvalue weighted by Crippen LogP contribution is -2.07. The van der Waals surface area contributed by atoms with Gasteiger partial charge in [0.25, 0.3) is 0 Å². The van der Waals surface area contributed by atoms with Crippen LogP contribution in [0.5, 0.6) is 5.75 Å². The first-order chi connectivity index (χ1) is 9.22. The number of aliphatic hydroxyl groups is 1. The SMILES string of the molecule is COCCOc1ccccc1C(O)c1cc(Cl)cs1. The van der Waals surface area contributed by atoms with Crippen LogP contribution in [-0.2, 0) is 4.74 Å². The van der Waals surface area contributed by atoms with E-state index in [1.165, 1.54) is 11.3 Å². The lowest BCUT2D eigenvalue weighted by molar-refractivity contribution is 0.142. The van der Waals surface area contributed by atoms with E-state index in [4.69, 9.17) is 21.1 Å². The lowest BCUT2D eigenvalue weighted by atomic mass is 10.1. The summed E-state index contributed by atoms with van der Waals surface area (Å²) in [5.41, 5.74) is 0.733. The molecule has 0 fully saturated rings. The molecule has 2 aromatic rings. The predicted octanol–water partition coefficient (Wildman–Crippen LogP) is 3.51. The predicted molar refractivity (Wildman–Crippen MR) is 77.2 cm³/mol. The molecule has 1 N–H and O–H groups in total. The average Bonchev–Trinajstić information content (AvgIpc) is 2.85. The molecule has 1 heterocycles. The summed E-state index contributed by atoms with van der Waals surface area (Å²) in [4.78, 5) is 0.799. The molecule has 102 valence electrons. The third kappa shape index (κ3) is 3.70. The Balaban J connectivity index is 2.18. The molecule has 3 nitrogen and oxygen atoms in total. The van der Waals surface area contributed by atoms with Gasteiger partial charge in [0.1, 0.15) is 18.5 Å². The molecule has 2 rings (SSSR count). The topological polar surface area (TPSA) is 38.7 Å². The van der Waals surface area contributed by atoms with Crippen molar-refractivity contribution in [3.05, 3.63) is 51.2 Å². The first kappa shape index (κ1) is 14.3. The number of hydrogen-bond donors (Lipinski definition) is 1. The van der Waals surface area contributed by atoms with Gasteiger partial charge in [0.2, 0.25) is 0 Å². The summed E-state index contributed by atoms with van der Waals surface area (Å²) in [6.45, 7) is 0.959. The number of halogens is 1. The summed E-state index contributed by atoms with van der Waals surface area (Å²) in [7, 11) is 1.62. The molecule has 0 radical (unpaired) electrons. The van der Waals surface area contributed by atoms with Crippen molar-refractivity contribution in [3.63, 3.8) is 0 Å². The highest BCUT2D eigenvalue weighted by Gasteiger charge is 2.17. The van der Waals surface area contributed by atoms with Crippen LogP contribution in [0.1, 0.15) is 16.5 Å². The fourth-order valence-corrected chi connectivity index (χ4v) is 2.78. The Morgan fingerprint density at radius 1 is 1.32 bits per heavy atom. The van der Waals surface area contributed by atoms with Crippen LogP contribution >= 0.6 is 22.9 Å². The van der Waals surface area contributed by atoms with Gasteiger partial charge in [-0.1, -0.05) is 29.8 Å². The number of aliphatic hydroxyl groups excluding tert-OH is 1. The van der Waals surface area contributed by atoms with Crippen LogP contribution in [0.15, 0.2) is 35.7 Å². The van der Waals surface area contributed by atoms with Crippen LogP contribution in [0.2, 0.25) is 5.02 Å². The second kappa shape index (κ2) is 6.91. The van der Waals surface area contributed by atoms with E-state index in [9.17, 15) is 5.11 Å². The molecule has 1 aromatic carbocycles. The quantitative estimate of drug-likeness (QED) is 0.830. The Hall–Kier alpha value is -1.07. The van der Waals surface area contributed by atoms with Crippen molar-refractivity contribution in [1.82, 2.24) is 0 Å². The Labute approximate surface area is 121 Å². The standard InChI is InChI=1S/C14H15ClO3S/c1-17-6-7-18-12-5-3-2-4-11(12)14(16)13-8-10(15)9-19-13/h2-5,8-9,14,16H,6-7H2,1H3. The van der Waals surface area contributed by atoms with E-state index in [2.05, 4.69) is 0 Å². The van der Waals surface area contributed by atoms with E-state index in [0.29, 0.717) is 24.0 Å². The van der Waals surface area contributed by atoms with Crippen molar-refractivity contribution >= 4 is 22.9 Å². The molecule has 0 saturated heterocycles. The normalized spacial score (nSPS) is 12.4. The molecule has 1 atom stereocenters. The first-order valence-electron chi connectivity index (χ1n) is 5.85. The largest absolute Gasteiger partial charge is 0.491 e. The number of hydrogen-bond acceptors (Lipinski definition) is 4. The van der Waals surface area contributed by atoms with Crippen LogP contribution < -0.4 is 4.74 Å². The lowest BCUT2D eigenvalue weighted by Gasteiger charge is -2.15. The van der Waals surface area contributed by atoms with Gasteiger partial charge < -0.3 is 14.6 Å². The smallest absolute Gasteiger partial charge is 0.125 e. The van der Waals surface area contributed by atoms with Gasteiger partial charge >= 0.3 is 0 Å². The van der Waals surface area contributed by atoms with Gasteiger partial charge in [-0.25, -0.2) is 0 Å². The molecule has 0 aliphatic rings. The van der Waals surface area contributed by atoms with Gasteiger partial charge in [-0.15, -0.1) is 11.3 Å². The molecule has 1 unspecified atom stereocenters. The molecular weight excluding hydrogens is 284 g/mol. The van der Waals surface area contributed by atoms with Gasteiger partial charge in [0, 0.05) is 22.9 Å². The Morgan fingerprint density at radius 2 is 2.11 bits per heavy atom. The molecular formula is C14H15ClO3S. The third-order valence-corrected chi connectivity index (χ3v) is 3.95. The maximum Gasteiger partial charge on any atom is 0.125 e. The monoisotopic (exact) mass is 298 g/mol. The molecule has 0 amide bonds. The molecule has 0 spiro atoms. The molecule has 5 heteroatoms. The second-order valence-electron chi connectivity index (χ2n) is 3.95. The molecule has 0 bridgehead atoms. The summed E-state index contributed by atoms with van der Waals surface area (Å²) in [5, 5.41) is 12.8. The molecule has 1 aromatic heterocycles. The number of methoxy groups -OCH3 is 1. The molecule has 0 saturated carbocycles. The van der Waals surface area contributed by atoms with Crippen LogP contribution in [-0.4, -0.2) is 25.4 Å². The average molecular weight is 299 g/mol. The number of benzene rings is 1. The highest BCUT2D eigenvalue weighted by atomic mass is 35.5. The summed E-state index contributed by atoms with van der Waals surface area (Å²) in [6, 6.07) is 9.20. The zero-order valence-electron chi connectivity index (χ0n) is 10.5. The zero-order valence-corrected chi connectivity index (χ0v) is 12.1. The number of ether oxygens (including phenoxy) is 2. The number of para-hydroxylation sites is 1. The van der Waals surface area contributed by atoms with Crippen LogP contribution in [0.3, 0.4) is 0 Å². The Bertz CT molecular complexity index is 527. The van der Waals surface area contributed by atoms with Gasteiger partial charge in [-0.05, 0) is 12.1 Å². The first-order valence-corrected chi connectivity index (χ1v) is 7.11. The van der Waals surface area contributed by atoms with Crippen LogP contribution in [0.25, 0.3) is 0 Å². The van der Waals surface area contributed by atoms with Crippen LogP contribution in [0.4, 0.5) is 0 Å². The van der Waals surface area contributed by atoms with Crippen molar-refractivity contribution < 1.29 is 14.6 Å². The van der Waals surface area contributed by atoms with E-state index >= 15 is 0 Å². The van der Waals surface area contributed by atoms with Crippen molar-refractivity contribution in [2.45, 2.75) is 6.10 Å². The summed E-state index contributed by atoms with van der Waals surface area (Å²) < 4.78 is 10.6. The van der Waals surface area contributed by atoms with Gasteiger partial charge in [-0.2, -0.15) is 0 Å². The maximum absolute atomic E-state index is 10.4. The highest BCUT2D eigenvalue weighted by Crippen LogP contribution is 2.34. The second-order valence-corrected chi connectivity index (χ2v) is 5.33. The summed E-state index contributed by atoms with van der Waals surface area (Å²) >= 11 is 7.31. The third-order valence-electron chi connectivity index (χ3n) is 2.62.